The number of aliphatic imine (C=N–C) groups is 1. The summed E-state index contributed by atoms with van der Waals surface area (Å²) in [4.78, 5) is 12.2. The van der Waals surface area contributed by atoms with Crippen molar-refractivity contribution >= 4 is 16.9 Å². The summed E-state index contributed by atoms with van der Waals surface area (Å²) in [5.74, 6) is 3.44. The number of pyridine rings is 1. The van der Waals surface area contributed by atoms with Crippen LogP contribution in [0.4, 0.5) is 0 Å². The second-order valence-electron chi connectivity index (χ2n) is 7.43. The molecule has 1 saturated heterocycles. The number of fused-ring (bicyclic) bond motifs is 2. The van der Waals surface area contributed by atoms with Gasteiger partial charge in [-0.25, -0.2) is 0 Å². The van der Waals surface area contributed by atoms with Crippen molar-refractivity contribution in [2.24, 2.45) is 4.99 Å². The monoisotopic (exact) mass is 411 g/mol. The Bertz CT molecular complexity index is 921. The maximum Gasteiger partial charge on any atom is 0.231 e. The first-order chi connectivity index (χ1) is 14.3. The van der Waals surface area contributed by atoms with E-state index in [4.69, 9.17) is 19.2 Å². The van der Waals surface area contributed by atoms with E-state index in [9.17, 15) is 0 Å². The molecular formula is C22H25N3O3S. The number of amidine groups is 1. The number of aromatic nitrogens is 1. The lowest BCUT2D eigenvalue weighted by Crippen LogP contribution is -2.35. The Morgan fingerprint density at radius 1 is 1.21 bits per heavy atom. The molecule has 0 aliphatic carbocycles. The third-order valence-electron chi connectivity index (χ3n) is 5.61. The Labute approximate surface area is 175 Å². The van der Waals surface area contributed by atoms with Gasteiger partial charge in [-0.3, -0.25) is 9.98 Å². The van der Waals surface area contributed by atoms with E-state index >= 15 is 0 Å². The van der Waals surface area contributed by atoms with E-state index in [-0.39, 0.29) is 18.9 Å². The van der Waals surface area contributed by atoms with Gasteiger partial charge in [0, 0.05) is 29.6 Å². The van der Waals surface area contributed by atoms with E-state index in [0.717, 1.165) is 52.3 Å². The summed E-state index contributed by atoms with van der Waals surface area (Å²) in [7, 11) is 0. The first-order valence-corrected chi connectivity index (χ1v) is 11.2. The van der Waals surface area contributed by atoms with E-state index in [0.29, 0.717) is 12.6 Å². The van der Waals surface area contributed by atoms with Gasteiger partial charge in [0.25, 0.3) is 0 Å². The van der Waals surface area contributed by atoms with Crippen LogP contribution in [0.5, 0.6) is 17.2 Å². The minimum Gasteiger partial charge on any atom is -0.493 e. The highest BCUT2D eigenvalue weighted by Gasteiger charge is 2.47. The van der Waals surface area contributed by atoms with E-state index in [2.05, 4.69) is 35.9 Å². The highest BCUT2D eigenvalue weighted by atomic mass is 32.2. The van der Waals surface area contributed by atoms with Crippen molar-refractivity contribution in [1.82, 2.24) is 9.88 Å². The molecular weight excluding hydrogens is 386 g/mol. The van der Waals surface area contributed by atoms with Gasteiger partial charge in [-0.2, -0.15) is 0 Å². The van der Waals surface area contributed by atoms with Crippen LogP contribution >= 0.6 is 11.8 Å². The summed E-state index contributed by atoms with van der Waals surface area (Å²) in [6.07, 6.45) is 3.86. The third-order valence-corrected chi connectivity index (χ3v) is 6.74. The van der Waals surface area contributed by atoms with Gasteiger partial charge in [-0.15, -0.1) is 0 Å². The summed E-state index contributed by atoms with van der Waals surface area (Å²) in [5.41, 5.74) is 2.08. The van der Waals surface area contributed by atoms with Gasteiger partial charge in [0.05, 0.1) is 18.3 Å². The molecule has 2 aromatic rings. The van der Waals surface area contributed by atoms with E-state index in [1.807, 2.05) is 36.2 Å². The van der Waals surface area contributed by atoms with Crippen LogP contribution in [0.15, 0.2) is 41.5 Å². The van der Waals surface area contributed by atoms with Crippen molar-refractivity contribution < 1.29 is 14.2 Å². The number of rotatable bonds is 6. The molecule has 5 rings (SSSR count). The van der Waals surface area contributed by atoms with Crippen LogP contribution < -0.4 is 14.2 Å². The largest absolute Gasteiger partial charge is 0.493 e. The predicted octanol–water partition coefficient (Wildman–Crippen LogP) is 4.58. The summed E-state index contributed by atoms with van der Waals surface area (Å²) >= 11 is 1.84. The molecule has 29 heavy (non-hydrogen) atoms. The molecule has 152 valence electrons. The second kappa shape index (κ2) is 7.78. The molecule has 0 saturated carbocycles. The topological polar surface area (TPSA) is 56.2 Å². The Hall–Kier alpha value is -2.41. The zero-order valence-electron chi connectivity index (χ0n) is 16.7. The molecule has 1 fully saturated rings. The smallest absolute Gasteiger partial charge is 0.231 e. The molecule has 0 radical (unpaired) electrons. The lowest BCUT2D eigenvalue weighted by molar-refractivity contribution is 0.173. The first-order valence-electron chi connectivity index (χ1n) is 10.3. The third kappa shape index (κ3) is 3.21. The average molecular weight is 412 g/mol. The Balaban J connectivity index is 1.63. The molecule has 3 atom stereocenters. The maximum atomic E-state index is 6.19. The molecule has 7 heteroatoms. The normalized spacial score (nSPS) is 24.6. The molecule has 0 bridgehead atoms. The lowest BCUT2D eigenvalue weighted by Gasteiger charge is -2.33. The van der Waals surface area contributed by atoms with Gasteiger partial charge in [-0.05, 0) is 31.0 Å². The number of nitrogens with zero attached hydrogens (tertiary/aromatic N) is 3. The number of thioether (sulfide) groups is 1. The molecule has 0 amide bonds. The Morgan fingerprint density at radius 3 is 2.83 bits per heavy atom. The van der Waals surface area contributed by atoms with Gasteiger partial charge in [0.1, 0.15) is 11.8 Å². The summed E-state index contributed by atoms with van der Waals surface area (Å²) in [5, 5.41) is 1.11. The zero-order valence-corrected chi connectivity index (χ0v) is 17.5. The summed E-state index contributed by atoms with van der Waals surface area (Å²) in [6.45, 7) is 5.27. The van der Waals surface area contributed by atoms with Crippen LogP contribution in [0.3, 0.4) is 0 Å². The van der Waals surface area contributed by atoms with Crippen LogP contribution in [-0.2, 0) is 0 Å². The fourth-order valence-electron chi connectivity index (χ4n) is 4.19. The molecule has 1 aromatic carbocycles. The molecule has 6 nitrogen and oxygen atoms in total. The molecule has 0 N–H and O–H groups in total. The van der Waals surface area contributed by atoms with Crippen LogP contribution in [0.1, 0.15) is 50.0 Å². The van der Waals surface area contributed by atoms with E-state index < -0.39 is 0 Å². The van der Waals surface area contributed by atoms with Crippen LogP contribution in [-0.4, -0.2) is 40.2 Å². The minimum absolute atomic E-state index is 0.0289. The van der Waals surface area contributed by atoms with Gasteiger partial charge in [0.2, 0.25) is 6.79 Å². The van der Waals surface area contributed by atoms with Crippen LogP contribution in [0.25, 0.3) is 0 Å². The number of ether oxygens (including phenoxy) is 3. The molecule has 4 heterocycles. The van der Waals surface area contributed by atoms with E-state index in [1.54, 1.807) is 0 Å². The van der Waals surface area contributed by atoms with Crippen molar-refractivity contribution in [3.8, 4) is 17.2 Å². The quantitative estimate of drug-likeness (QED) is 0.694. The fourth-order valence-corrected chi connectivity index (χ4v) is 5.53. The molecule has 1 aromatic heterocycles. The van der Waals surface area contributed by atoms with Gasteiger partial charge < -0.3 is 19.1 Å². The maximum absolute atomic E-state index is 6.19. The van der Waals surface area contributed by atoms with Crippen molar-refractivity contribution in [3.05, 3.63) is 47.8 Å². The summed E-state index contributed by atoms with van der Waals surface area (Å²) < 4.78 is 17.5. The molecule has 0 unspecified atom stereocenters. The average Bonchev–Trinajstić information content (AvgIpc) is 3.46. The Morgan fingerprint density at radius 2 is 2.07 bits per heavy atom. The summed E-state index contributed by atoms with van der Waals surface area (Å²) in [6, 6.07) is 10.5. The number of benzene rings is 1. The number of hydrogen-bond acceptors (Lipinski definition) is 7. The molecule has 3 aliphatic heterocycles. The van der Waals surface area contributed by atoms with Crippen LogP contribution in [0.2, 0.25) is 0 Å². The number of hydrogen-bond donors (Lipinski definition) is 0. The van der Waals surface area contributed by atoms with Crippen molar-refractivity contribution in [2.75, 3.05) is 19.2 Å². The fraction of sp³-hybridized carbons (Fsp3) is 0.455. The Kier molecular flexibility index (Phi) is 4.99. The van der Waals surface area contributed by atoms with E-state index in [1.165, 1.54) is 0 Å². The SMILES string of the molecule is CCCOc1cc2c(cc1[C@@H]1[C@@H](c3ccccn3)N=C3SC[C@H](CC)N31)OCO2. The molecule has 0 spiro atoms. The van der Waals surface area contributed by atoms with Crippen LogP contribution in [0, 0.1) is 0 Å². The highest BCUT2D eigenvalue weighted by Crippen LogP contribution is 2.52. The van der Waals surface area contributed by atoms with Crippen molar-refractivity contribution in [3.63, 3.8) is 0 Å². The standard InChI is InChI=1S/C22H25N3O3S/c1-3-9-26-17-11-19-18(27-13-28-19)10-15(17)21-20(16-7-5-6-8-23-16)24-22-25(21)14(4-2)12-29-22/h5-8,10-11,14,20-21H,3-4,9,12-13H2,1-2H3/t14-,20+,21+/m0/s1. The minimum atomic E-state index is -0.0719. The lowest BCUT2D eigenvalue weighted by atomic mass is 9.94. The predicted molar refractivity (Wildman–Crippen MR) is 114 cm³/mol. The van der Waals surface area contributed by atoms with Crippen molar-refractivity contribution in [1.29, 1.82) is 0 Å². The van der Waals surface area contributed by atoms with Gasteiger partial charge in [0.15, 0.2) is 16.7 Å². The van der Waals surface area contributed by atoms with Gasteiger partial charge >= 0.3 is 0 Å². The highest BCUT2D eigenvalue weighted by molar-refractivity contribution is 8.14. The van der Waals surface area contributed by atoms with Gasteiger partial charge in [-0.1, -0.05) is 31.7 Å². The van der Waals surface area contributed by atoms with Crippen molar-refractivity contribution in [2.45, 2.75) is 44.8 Å². The zero-order chi connectivity index (χ0) is 19.8. The molecule has 3 aliphatic rings. The second-order valence-corrected chi connectivity index (χ2v) is 8.42. The first kappa shape index (κ1) is 18.6.